The molecule has 5 nitrogen and oxygen atoms in total. The monoisotopic (exact) mass is 453 g/mol. The molecule has 0 saturated carbocycles. The summed E-state index contributed by atoms with van der Waals surface area (Å²) in [7, 11) is 3.16. The van der Waals surface area contributed by atoms with Gasteiger partial charge in [-0.05, 0) is 54.2 Å². The SMILES string of the molecule is COc1ccc(C2CC(=O)N(c3ccc(C)c(Cl)c3)C3=C2C(=O)CC(C)(C)C3)cc1OC. The van der Waals surface area contributed by atoms with Gasteiger partial charge in [-0.2, -0.15) is 0 Å². The molecule has 1 heterocycles. The van der Waals surface area contributed by atoms with Crippen LogP contribution in [0.5, 0.6) is 11.5 Å². The molecular weight excluding hydrogens is 426 g/mol. The van der Waals surface area contributed by atoms with Crippen LogP contribution in [0.4, 0.5) is 5.69 Å². The second-order valence-electron chi connectivity index (χ2n) is 9.34. The van der Waals surface area contributed by atoms with Gasteiger partial charge in [0.2, 0.25) is 5.91 Å². The van der Waals surface area contributed by atoms with Gasteiger partial charge in [0.15, 0.2) is 17.3 Å². The molecule has 1 aliphatic heterocycles. The number of aryl methyl sites for hydroxylation is 1. The predicted molar refractivity (Wildman–Crippen MR) is 126 cm³/mol. The van der Waals surface area contributed by atoms with Gasteiger partial charge in [0.05, 0.1) is 19.9 Å². The zero-order chi connectivity index (χ0) is 23.2. The lowest BCUT2D eigenvalue weighted by atomic mass is 9.69. The van der Waals surface area contributed by atoms with Crippen molar-refractivity contribution in [2.24, 2.45) is 5.41 Å². The van der Waals surface area contributed by atoms with E-state index < -0.39 is 0 Å². The molecule has 0 radical (unpaired) electrons. The largest absolute Gasteiger partial charge is 0.493 e. The molecule has 4 rings (SSSR count). The van der Waals surface area contributed by atoms with Crippen molar-refractivity contribution in [1.29, 1.82) is 0 Å². The van der Waals surface area contributed by atoms with E-state index >= 15 is 0 Å². The fourth-order valence-corrected chi connectivity index (χ4v) is 4.96. The molecule has 0 spiro atoms. The minimum Gasteiger partial charge on any atom is -0.493 e. The molecule has 0 N–H and O–H groups in total. The van der Waals surface area contributed by atoms with E-state index in [2.05, 4.69) is 13.8 Å². The first-order valence-corrected chi connectivity index (χ1v) is 11.1. The lowest BCUT2D eigenvalue weighted by molar-refractivity contribution is -0.121. The summed E-state index contributed by atoms with van der Waals surface area (Å²) in [5.74, 6) is 0.911. The molecule has 1 amide bonds. The molecule has 0 fully saturated rings. The first-order chi connectivity index (χ1) is 15.1. The highest BCUT2D eigenvalue weighted by Crippen LogP contribution is 2.49. The molecule has 6 heteroatoms. The number of amides is 1. The fraction of sp³-hybridized carbons (Fsp3) is 0.385. The van der Waals surface area contributed by atoms with Gasteiger partial charge >= 0.3 is 0 Å². The summed E-state index contributed by atoms with van der Waals surface area (Å²) in [5, 5.41) is 0.598. The third kappa shape index (κ3) is 3.90. The highest BCUT2D eigenvalue weighted by atomic mass is 35.5. The molecule has 1 aliphatic carbocycles. The van der Waals surface area contributed by atoms with Crippen LogP contribution in [0, 0.1) is 12.3 Å². The van der Waals surface area contributed by atoms with Gasteiger partial charge in [0.25, 0.3) is 0 Å². The Kier molecular flexibility index (Phi) is 5.80. The Balaban J connectivity index is 1.89. The maximum atomic E-state index is 13.5. The Labute approximate surface area is 194 Å². The lowest BCUT2D eigenvalue weighted by Gasteiger charge is -2.43. The number of rotatable bonds is 4. The van der Waals surface area contributed by atoms with Crippen molar-refractivity contribution in [3.63, 3.8) is 0 Å². The summed E-state index contributed by atoms with van der Waals surface area (Å²) in [4.78, 5) is 28.6. The van der Waals surface area contributed by atoms with Gasteiger partial charge in [-0.15, -0.1) is 0 Å². The van der Waals surface area contributed by atoms with E-state index in [1.165, 1.54) is 0 Å². The summed E-state index contributed by atoms with van der Waals surface area (Å²) in [6.45, 7) is 6.06. The van der Waals surface area contributed by atoms with Crippen LogP contribution in [0.1, 0.15) is 50.2 Å². The maximum absolute atomic E-state index is 13.5. The van der Waals surface area contributed by atoms with Gasteiger partial charge in [-0.3, -0.25) is 14.5 Å². The van der Waals surface area contributed by atoms with Gasteiger partial charge in [0, 0.05) is 35.1 Å². The molecule has 2 aromatic rings. The number of methoxy groups -OCH3 is 2. The number of hydrogen-bond donors (Lipinski definition) is 0. The molecule has 2 aliphatic rings. The summed E-state index contributed by atoms with van der Waals surface area (Å²) in [6.07, 6.45) is 1.29. The van der Waals surface area contributed by atoms with Crippen LogP contribution < -0.4 is 14.4 Å². The molecule has 0 saturated heterocycles. The minimum absolute atomic E-state index is 0.0473. The number of nitrogens with zero attached hydrogens (tertiary/aromatic N) is 1. The number of carbonyl (C=O) groups is 2. The van der Waals surface area contributed by atoms with E-state index in [0.29, 0.717) is 40.6 Å². The summed E-state index contributed by atoms with van der Waals surface area (Å²) < 4.78 is 10.8. The van der Waals surface area contributed by atoms with E-state index in [1.54, 1.807) is 19.1 Å². The number of benzene rings is 2. The highest BCUT2D eigenvalue weighted by molar-refractivity contribution is 6.31. The average molecular weight is 454 g/mol. The minimum atomic E-state index is -0.321. The number of halogens is 1. The topological polar surface area (TPSA) is 55.8 Å². The first-order valence-electron chi connectivity index (χ1n) is 10.7. The third-order valence-electron chi connectivity index (χ3n) is 6.37. The highest BCUT2D eigenvalue weighted by Gasteiger charge is 2.44. The van der Waals surface area contributed by atoms with Gasteiger partial charge in [-0.1, -0.05) is 37.6 Å². The van der Waals surface area contributed by atoms with Crippen molar-refractivity contribution in [2.45, 2.75) is 46.0 Å². The Morgan fingerprint density at radius 2 is 1.72 bits per heavy atom. The van der Waals surface area contributed by atoms with E-state index in [1.807, 2.05) is 43.3 Å². The van der Waals surface area contributed by atoms with Crippen molar-refractivity contribution in [2.75, 3.05) is 19.1 Å². The third-order valence-corrected chi connectivity index (χ3v) is 6.77. The number of ketones is 1. The van der Waals surface area contributed by atoms with Crippen LogP contribution in [0.15, 0.2) is 47.7 Å². The number of carbonyl (C=O) groups excluding carboxylic acids is 2. The normalized spacial score (nSPS) is 20.3. The van der Waals surface area contributed by atoms with Crippen LogP contribution in [-0.4, -0.2) is 25.9 Å². The molecule has 1 atom stereocenters. The standard InChI is InChI=1S/C26H28ClNO4/c1-15-6-8-17(11-19(15)27)28-20-13-26(2,3)14-21(29)25(20)18(12-24(28)30)16-7-9-22(31-4)23(10-16)32-5/h6-11,18H,12-14H2,1-5H3. The summed E-state index contributed by atoms with van der Waals surface area (Å²) >= 11 is 6.38. The number of anilines is 1. The molecule has 168 valence electrons. The summed E-state index contributed by atoms with van der Waals surface area (Å²) in [6, 6.07) is 11.2. The second-order valence-corrected chi connectivity index (χ2v) is 9.74. The number of hydrogen-bond acceptors (Lipinski definition) is 4. The molecular formula is C26H28ClNO4. The van der Waals surface area contributed by atoms with Crippen molar-refractivity contribution in [3.05, 3.63) is 63.8 Å². The van der Waals surface area contributed by atoms with E-state index in [4.69, 9.17) is 21.1 Å². The van der Waals surface area contributed by atoms with E-state index in [-0.39, 0.29) is 29.4 Å². The Hall–Kier alpha value is -2.79. The van der Waals surface area contributed by atoms with Gasteiger partial charge in [-0.25, -0.2) is 0 Å². The first kappa shape index (κ1) is 22.4. The number of allylic oxidation sites excluding steroid dienone is 2. The van der Waals surface area contributed by atoms with Crippen molar-refractivity contribution >= 4 is 29.0 Å². The fourth-order valence-electron chi connectivity index (χ4n) is 4.79. The zero-order valence-corrected chi connectivity index (χ0v) is 19.9. The molecule has 0 bridgehead atoms. The van der Waals surface area contributed by atoms with Gasteiger partial charge in [0.1, 0.15) is 0 Å². The molecule has 1 unspecified atom stereocenters. The Morgan fingerprint density at radius 1 is 1.00 bits per heavy atom. The smallest absolute Gasteiger partial charge is 0.232 e. The Bertz CT molecular complexity index is 1130. The van der Waals surface area contributed by atoms with Crippen molar-refractivity contribution in [3.8, 4) is 11.5 Å². The van der Waals surface area contributed by atoms with Crippen LogP contribution >= 0.6 is 11.6 Å². The van der Waals surface area contributed by atoms with E-state index in [0.717, 1.165) is 16.8 Å². The van der Waals surface area contributed by atoms with Crippen LogP contribution in [-0.2, 0) is 9.59 Å². The van der Waals surface area contributed by atoms with Crippen LogP contribution in [0.2, 0.25) is 5.02 Å². The molecule has 32 heavy (non-hydrogen) atoms. The molecule has 0 aromatic heterocycles. The van der Waals surface area contributed by atoms with Crippen LogP contribution in [0.25, 0.3) is 0 Å². The van der Waals surface area contributed by atoms with Crippen molar-refractivity contribution in [1.82, 2.24) is 0 Å². The van der Waals surface area contributed by atoms with E-state index in [9.17, 15) is 9.59 Å². The summed E-state index contributed by atoms with van der Waals surface area (Å²) in [5.41, 5.74) is 3.78. The quantitative estimate of drug-likeness (QED) is 0.584. The Morgan fingerprint density at radius 3 is 2.38 bits per heavy atom. The number of ether oxygens (including phenoxy) is 2. The maximum Gasteiger partial charge on any atom is 0.232 e. The van der Waals surface area contributed by atoms with Crippen molar-refractivity contribution < 1.29 is 19.1 Å². The lowest BCUT2D eigenvalue weighted by Crippen LogP contribution is -2.43. The second kappa shape index (κ2) is 8.28. The van der Waals surface area contributed by atoms with Crippen LogP contribution in [0.3, 0.4) is 0 Å². The molecule has 2 aromatic carbocycles. The van der Waals surface area contributed by atoms with Gasteiger partial charge < -0.3 is 9.47 Å². The number of Topliss-reactive ketones (excluding diaryl/α,β-unsaturated/α-hetero) is 1. The predicted octanol–water partition coefficient (Wildman–Crippen LogP) is 5.83. The zero-order valence-electron chi connectivity index (χ0n) is 19.1. The average Bonchev–Trinajstić information content (AvgIpc) is 2.73.